The normalized spacial score (nSPS) is 13.8. The first kappa shape index (κ1) is 18.5. The van der Waals surface area contributed by atoms with Gasteiger partial charge in [-0.1, -0.05) is 38.1 Å². The van der Waals surface area contributed by atoms with E-state index >= 15 is 0 Å². The molecule has 4 rings (SSSR count). The Balaban J connectivity index is 1.81. The summed E-state index contributed by atoms with van der Waals surface area (Å²) in [5.41, 5.74) is 4.80. The van der Waals surface area contributed by atoms with E-state index in [4.69, 9.17) is 4.74 Å². The number of nitriles is 1. The number of nitrogens with one attached hydrogen (secondary N) is 1. The van der Waals surface area contributed by atoms with Gasteiger partial charge in [0.2, 0.25) is 0 Å². The molecular formula is C23H26N4O. The number of benzene rings is 1. The van der Waals surface area contributed by atoms with E-state index < -0.39 is 0 Å². The van der Waals surface area contributed by atoms with Crippen molar-refractivity contribution in [2.75, 3.05) is 7.11 Å². The Labute approximate surface area is 166 Å². The molecule has 3 aromatic rings. The van der Waals surface area contributed by atoms with Gasteiger partial charge in [0.25, 0.3) is 0 Å². The van der Waals surface area contributed by atoms with Crippen LogP contribution >= 0.6 is 0 Å². The molecule has 1 aliphatic carbocycles. The van der Waals surface area contributed by atoms with Crippen LogP contribution in [-0.2, 0) is 13.1 Å². The third-order valence-electron chi connectivity index (χ3n) is 5.30. The van der Waals surface area contributed by atoms with Crippen LogP contribution in [-0.4, -0.2) is 22.7 Å². The first-order valence-electron chi connectivity index (χ1n) is 9.89. The van der Waals surface area contributed by atoms with E-state index in [1.165, 1.54) is 18.4 Å². The maximum atomic E-state index is 9.96. The van der Waals surface area contributed by atoms with E-state index in [2.05, 4.69) is 59.1 Å². The van der Waals surface area contributed by atoms with Gasteiger partial charge in [-0.2, -0.15) is 5.26 Å². The molecule has 0 saturated heterocycles. The Morgan fingerprint density at radius 3 is 2.64 bits per heavy atom. The molecule has 1 saturated carbocycles. The molecule has 1 aliphatic rings. The van der Waals surface area contributed by atoms with Gasteiger partial charge >= 0.3 is 0 Å². The van der Waals surface area contributed by atoms with Gasteiger partial charge in [0.1, 0.15) is 17.5 Å². The van der Waals surface area contributed by atoms with Crippen LogP contribution in [0, 0.1) is 17.2 Å². The SMILES string of the molecule is COc1cnc2c(c1)c(C#N)c(-c1ccc(CNC(C)C)cc1)n2CC1CC1. The van der Waals surface area contributed by atoms with E-state index in [1.807, 2.05) is 6.07 Å². The first-order chi connectivity index (χ1) is 13.6. The molecule has 0 radical (unpaired) electrons. The van der Waals surface area contributed by atoms with E-state index in [9.17, 15) is 5.26 Å². The Hall–Kier alpha value is -2.84. The third kappa shape index (κ3) is 3.61. The van der Waals surface area contributed by atoms with Crippen molar-refractivity contribution in [3.8, 4) is 23.1 Å². The fourth-order valence-corrected chi connectivity index (χ4v) is 3.57. The number of aromatic nitrogens is 2. The largest absolute Gasteiger partial charge is 0.495 e. The van der Waals surface area contributed by atoms with E-state index in [-0.39, 0.29) is 0 Å². The summed E-state index contributed by atoms with van der Waals surface area (Å²) in [6.07, 6.45) is 4.23. The van der Waals surface area contributed by atoms with Crippen LogP contribution in [0.5, 0.6) is 5.75 Å². The van der Waals surface area contributed by atoms with Gasteiger partial charge in [-0.3, -0.25) is 0 Å². The van der Waals surface area contributed by atoms with Crippen molar-refractivity contribution in [2.45, 2.75) is 45.8 Å². The van der Waals surface area contributed by atoms with Gasteiger partial charge < -0.3 is 14.6 Å². The summed E-state index contributed by atoms with van der Waals surface area (Å²) in [6.45, 7) is 6.03. The molecule has 0 unspecified atom stereocenters. The van der Waals surface area contributed by atoms with Gasteiger partial charge in [0.15, 0.2) is 0 Å². The minimum absolute atomic E-state index is 0.451. The lowest BCUT2D eigenvalue weighted by molar-refractivity contribution is 0.413. The molecule has 0 spiro atoms. The molecule has 0 amide bonds. The molecule has 1 N–H and O–H groups in total. The summed E-state index contributed by atoms with van der Waals surface area (Å²) in [6, 6.07) is 13.3. The van der Waals surface area contributed by atoms with Crippen molar-refractivity contribution in [2.24, 2.45) is 5.92 Å². The minimum atomic E-state index is 0.451. The highest BCUT2D eigenvalue weighted by molar-refractivity contribution is 5.93. The Bertz CT molecular complexity index is 1020. The van der Waals surface area contributed by atoms with Crippen LogP contribution in [0.1, 0.15) is 37.8 Å². The van der Waals surface area contributed by atoms with Gasteiger partial charge in [-0.25, -0.2) is 4.98 Å². The fourth-order valence-electron chi connectivity index (χ4n) is 3.57. The number of hydrogen-bond donors (Lipinski definition) is 1. The van der Waals surface area contributed by atoms with Crippen LogP contribution in [0.25, 0.3) is 22.3 Å². The zero-order valence-corrected chi connectivity index (χ0v) is 16.7. The molecule has 5 nitrogen and oxygen atoms in total. The van der Waals surface area contributed by atoms with Crippen molar-refractivity contribution < 1.29 is 4.74 Å². The average molecular weight is 374 g/mol. The maximum Gasteiger partial charge on any atom is 0.142 e. The van der Waals surface area contributed by atoms with Crippen molar-refractivity contribution in [1.82, 2.24) is 14.9 Å². The second-order valence-corrected chi connectivity index (χ2v) is 7.87. The standard InChI is InChI=1S/C23H26N4O/c1-15(2)25-12-16-6-8-18(9-7-16)22-21(11-24)20-10-19(28-3)13-26-23(20)27(22)14-17-4-5-17/h6-10,13,15,17,25H,4-5,12,14H2,1-3H3. The van der Waals surface area contributed by atoms with Crippen molar-refractivity contribution >= 4 is 11.0 Å². The van der Waals surface area contributed by atoms with Crippen LogP contribution in [0.2, 0.25) is 0 Å². The van der Waals surface area contributed by atoms with Crippen LogP contribution in [0.15, 0.2) is 36.5 Å². The molecule has 5 heteroatoms. The number of ether oxygens (including phenoxy) is 1. The highest BCUT2D eigenvalue weighted by Gasteiger charge is 2.27. The zero-order valence-electron chi connectivity index (χ0n) is 16.7. The Morgan fingerprint density at radius 1 is 1.29 bits per heavy atom. The van der Waals surface area contributed by atoms with Gasteiger partial charge in [0.05, 0.1) is 24.6 Å². The molecule has 1 fully saturated rings. The lowest BCUT2D eigenvalue weighted by atomic mass is 10.0. The van der Waals surface area contributed by atoms with Crippen molar-refractivity contribution in [3.05, 3.63) is 47.7 Å². The molecule has 0 bridgehead atoms. The predicted molar refractivity (Wildman–Crippen MR) is 111 cm³/mol. The number of pyridine rings is 1. The summed E-state index contributed by atoms with van der Waals surface area (Å²) in [5.74, 6) is 1.36. The predicted octanol–water partition coefficient (Wildman–Crippen LogP) is 4.49. The second-order valence-electron chi connectivity index (χ2n) is 7.87. The number of rotatable bonds is 7. The summed E-state index contributed by atoms with van der Waals surface area (Å²) < 4.78 is 7.57. The van der Waals surface area contributed by atoms with Gasteiger partial charge in [-0.15, -0.1) is 0 Å². The molecule has 28 heavy (non-hydrogen) atoms. The van der Waals surface area contributed by atoms with Gasteiger partial charge in [0, 0.05) is 24.5 Å². The highest BCUT2D eigenvalue weighted by atomic mass is 16.5. The first-order valence-corrected chi connectivity index (χ1v) is 9.89. The van der Waals surface area contributed by atoms with E-state index in [0.29, 0.717) is 23.3 Å². The van der Waals surface area contributed by atoms with Crippen molar-refractivity contribution in [1.29, 1.82) is 5.26 Å². The summed E-state index contributed by atoms with van der Waals surface area (Å²) >= 11 is 0. The van der Waals surface area contributed by atoms with Crippen molar-refractivity contribution in [3.63, 3.8) is 0 Å². The topological polar surface area (TPSA) is 62.9 Å². The summed E-state index contributed by atoms with van der Waals surface area (Å²) in [4.78, 5) is 4.63. The number of nitrogens with zero attached hydrogens (tertiary/aromatic N) is 3. The maximum absolute atomic E-state index is 9.96. The van der Waals surface area contributed by atoms with E-state index in [1.54, 1.807) is 13.3 Å². The molecule has 0 aliphatic heterocycles. The zero-order chi connectivity index (χ0) is 19.7. The highest BCUT2D eigenvalue weighted by Crippen LogP contribution is 2.38. The summed E-state index contributed by atoms with van der Waals surface area (Å²) in [5, 5.41) is 14.3. The van der Waals surface area contributed by atoms with Gasteiger partial charge in [-0.05, 0) is 36.0 Å². The quantitative estimate of drug-likeness (QED) is 0.662. The molecule has 1 aromatic carbocycles. The van der Waals surface area contributed by atoms with Crippen LogP contribution in [0.4, 0.5) is 0 Å². The summed E-state index contributed by atoms with van der Waals surface area (Å²) in [7, 11) is 1.63. The number of methoxy groups -OCH3 is 1. The lowest BCUT2D eigenvalue weighted by Crippen LogP contribution is -2.21. The Morgan fingerprint density at radius 2 is 2.04 bits per heavy atom. The molecule has 2 aromatic heterocycles. The smallest absolute Gasteiger partial charge is 0.142 e. The van der Waals surface area contributed by atoms with E-state index in [0.717, 1.165) is 35.4 Å². The monoisotopic (exact) mass is 374 g/mol. The second kappa shape index (κ2) is 7.65. The minimum Gasteiger partial charge on any atom is -0.495 e. The molecule has 0 atom stereocenters. The third-order valence-corrected chi connectivity index (χ3v) is 5.30. The number of fused-ring (bicyclic) bond motifs is 1. The number of hydrogen-bond acceptors (Lipinski definition) is 4. The van der Waals surface area contributed by atoms with Crippen LogP contribution in [0.3, 0.4) is 0 Å². The molecule has 144 valence electrons. The van der Waals surface area contributed by atoms with Crippen LogP contribution < -0.4 is 10.1 Å². The average Bonchev–Trinajstić information content (AvgIpc) is 3.48. The molecule has 2 heterocycles. The lowest BCUT2D eigenvalue weighted by Gasteiger charge is -2.12. The Kier molecular flexibility index (Phi) is 5.06. The fraction of sp³-hybridized carbons (Fsp3) is 0.391. The molecular weight excluding hydrogens is 348 g/mol.